The molecule has 0 bridgehead atoms. The minimum atomic E-state index is 0.240. The smallest absolute Gasteiger partial charge is 0.224 e. The van der Waals surface area contributed by atoms with Crippen molar-refractivity contribution in [2.24, 2.45) is 0 Å². The van der Waals surface area contributed by atoms with E-state index < -0.39 is 0 Å². The van der Waals surface area contributed by atoms with Gasteiger partial charge in [-0.25, -0.2) is 0 Å². The SMILES string of the molecule is Nc1ccccc1NCCC(=O)N1CCCC1. The summed E-state index contributed by atoms with van der Waals surface area (Å²) >= 11 is 0. The molecule has 2 rings (SSSR count). The van der Waals surface area contributed by atoms with Crippen molar-refractivity contribution in [1.82, 2.24) is 4.90 Å². The maximum Gasteiger partial charge on any atom is 0.224 e. The number of likely N-dealkylation sites (tertiary alicyclic amines) is 1. The molecule has 4 nitrogen and oxygen atoms in total. The van der Waals surface area contributed by atoms with E-state index in [2.05, 4.69) is 5.32 Å². The van der Waals surface area contributed by atoms with Gasteiger partial charge in [0.05, 0.1) is 11.4 Å². The number of carbonyl (C=O) groups excluding carboxylic acids is 1. The highest BCUT2D eigenvalue weighted by Crippen LogP contribution is 2.16. The Morgan fingerprint density at radius 3 is 2.71 bits per heavy atom. The zero-order valence-corrected chi connectivity index (χ0v) is 9.98. The van der Waals surface area contributed by atoms with Crippen LogP contribution in [0.15, 0.2) is 24.3 Å². The van der Waals surface area contributed by atoms with Crippen molar-refractivity contribution in [3.8, 4) is 0 Å². The molecule has 1 amide bonds. The highest BCUT2D eigenvalue weighted by atomic mass is 16.2. The van der Waals surface area contributed by atoms with Crippen molar-refractivity contribution >= 4 is 17.3 Å². The van der Waals surface area contributed by atoms with Crippen LogP contribution in [0, 0.1) is 0 Å². The Morgan fingerprint density at radius 2 is 2.00 bits per heavy atom. The van der Waals surface area contributed by atoms with Crippen LogP contribution in [0.3, 0.4) is 0 Å². The monoisotopic (exact) mass is 233 g/mol. The molecule has 92 valence electrons. The van der Waals surface area contributed by atoms with E-state index in [0.29, 0.717) is 13.0 Å². The van der Waals surface area contributed by atoms with Crippen LogP contribution in [0.25, 0.3) is 0 Å². The summed E-state index contributed by atoms with van der Waals surface area (Å²) in [4.78, 5) is 13.7. The third-order valence-corrected chi connectivity index (χ3v) is 3.07. The Kier molecular flexibility index (Phi) is 3.85. The molecule has 1 aliphatic rings. The van der Waals surface area contributed by atoms with Crippen molar-refractivity contribution in [3.63, 3.8) is 0 Å². The van der Waals surface area contributed by atoms with Crippen molar-refractivity contribution in [3.05, 3.63) is 24.3 Å². The van der Waals surface area contributed by atoms with Crippen LogP contribution in [0.4, 0.5) is 11.4 Å². The normalized spacial score (nSPS) is 14.9. The third kappa shape index (κ3) is 3.12. The van der Waals surface area contributed by atoms with E-state index in [0.717, 1.165) is 37.3 Å². The first kappa shape index (κ1) is 11.8. The number of hydrogen-bond donors (Lipinski definition) is 2. The van der Waals surface area contributed by atoms with Gasteiger partial charge in [-0.15, -0.1) is 0 Å². The number of benzene rings is 1. The summed E-state index contributed by atoms with van der Waals surface area (Å²) in [5, 5.41) is 3.19. The predicted octanol–water partition coefficient (Wildman–Crippen LogP) is 1.69. The molecule has 0 unspecified atom stereocenters. The number of nitrogens with zero attached hydrogens (tertiary/aromatic N) is 1. The quantitative estimate of drug-likeness (QED) is 0.778. The van der Waals surface area contributed by atoms with Gasteiger partial charge >= 0.3 is 0 Å². The molecule has 1 fully saturated rings. The number of nitrogens with two attached hydrogens (primary N) is 1. The van der Waals surface area contributed by atoms with Gasteiger partial charge < -0.3 is 16.0 Å². The van der Waals surface area contributed by atoms with Gasteiger partial charge in [0.2, 0.25) is 5.91 Å². The van der Waals surface area contributed by atoms with E-state index >= 15 is 0 Å². The van der Waals surface area contributed by atoms with E-state index in [1.807, 2.05) is 29.2 Å². The van der Waals surface area contributed by atoms with Gasteiger partial charge in [-0.05, 0) is 25.0 Å². The number of amides is 1. The van der Waals surface area contributed by atoms with Gasteiger partial charge in [0, 0.05) is 26.1 Å². The molecule has 1 heterocycles. The molecular formula is C13H19N3O. The Hall–Kier alpha value is -1.71. The zero-order chi connectivity index (χ0) is 12.1. The summed E-state index contributed by atoms with van der Waals surface area (Å²) in [6.45, 7) is 2.49. The van der Waals surface area contributed by atoms with E-state index in [1.54, 1.807) is 0 Å². The molecule has 1 aliphatic heterocycles. The summed E-state index contributed by atoms with van der Waals surface area (Å²) in [6, 6.07) is 7.61. The lowest BCUT2D eigenvalue weighted by Gasteiger charge is -2.15. The topological polar surface area (TPSA) is 58.4 Å². The second kappa shape index (κ2) is 5.57. The third-order valence-electron chi connectivity index (χ3n) is 3.07. The van der Waals surface area contributed by atoms with Crippen molar-refractivity contribution in [2.45, 2.75) is 19.3 Å². The minimum Gasteiger partial charge on any atom is -0.397 e. The number of hydrogen-bond acceptors (Lipinski definition) is 3. The molecule has 1 aromatic carbocycles. The molecule has 0 aliphatic carbocycles. The molecule has 1 saturated heterocycles. The minimum absolute atomic E-state index is 0.240. The Bertz CT molecular complexity index is 386. The van der Waals surface area contributed by atoms with Crippen molar-refractivity contribution in [1.29, 1.82) is 0 Å². The van der Waals surface area contributed by atoms with E-state index in [-0.39, 0.29) is 5.91 Å². The highest BCUT2D eigenvalue weighted by Gasteiger charge is 2.16. The number of para-hydroxylation sites is 2. The van der Waals surface area contributed by atoms with Crippen molar-refractivity contribution in [2.75, 3.05) is 30.7 Å². The zero-order valence-electron chi connectivity index (χ0n) is 9.98. The Labute approximate surface area is 102 Å². The maximum absolute atomic E-state index is 11.8. The van der Waals surface area contributed by atoms with E-state index in [9.17, 15) is 4.79 Å². The van der Waals surface area contributed by atoms with Crippen LogP contribution in [-0.4, -0.2) is 30.4 Å². The fourth-order valence-electron chi connectivity index (χ4n) is 2.09. The first-order chi connectivity index (χ1) is 8.27. The molecule has 3 N–H and O–H groups in total. The second-order valence-corrected chi connectivity index (χ2v) is 4.35. The average Bonchev–Trinajstić information content (AvgIpc) is 2.85. The fourth-order valence-corrected chi connectivity index (χ4v) is 2.09. The number of carbonyl (C=O) groups is 1. The summed E-state index contributed by atoms with van der Waals surface area (Å²) < 4.78 is 0. The summed E-state index contributed by atoms with van der Waals surface area (Å²) in [6.07, 6.45) is 2.82. The first-order valence-electron chi connectivity index (χ1n) is 6.13. The molecule has 0 saturated carbocycles. The molecule has 17 heavy (non-hydrogen) atoms. The van der Waals surface area contributed by atoms with Crippen LogP contribution in [0.2, 0.25) is 0 Å². The molecule has 1 aromatic rings. The number of nitrogens with one attached hydrogen (secondary N) is 1. The number of nitrogen functional groups attached to an aromatic ring is 1. The van der Waals surface area contributed by atoms with Gasteiger partial charge in [0.1, 0.15) is 0 Å². The first-order valence-corrected chi connectivity index (χ1v) is 6.13. The fraction of sp³-hybridized carbons (Fsp3) is 0.462. The lowest BCUT2D eigenvalue weighted by atomic mass is 10.2. The lowest BCUT2D eigenvalue weighted by Crippen LogP contribution is -2.29. The number of rotatable bonds is 4. The summed E-state index contributed by atoms with van der Waals surface area (Å²) in [5.74, 6) is 0.240. The second-order valence-electron chi connectivity index (χ2n) is 4.35. The van der Waals surface area contributed by atoms with E-state index in [1.165, 1.54) is 0 Å². The van der Waals surface area contributed by atoms with Crippen LogP contribution >= 0.6 is 0 Å². The predicted molar refractivity (Wildman–Crippen MR) is 69.8 cm³/mol. The van der Waals surface area contributed by atoms with Crippen molar-refractivity contribution < 1.29 is 4.79 Å². The highest BCUT2D eigenvalue weighted by molar-refractivity contribution is 5.77. The number of anilines is 2. The van der Waals surface area contributed by atoms with E-state index in [4.69, 9.17) is 5.73 Å². The maximum atomic E-state index is 11.8. The molecule has 0 atom stereocenters. The molecular weight excluding hydrogens is 214 g/mol. The van der Waals surface area contributed by atoms with Gasteiger partial charge in [0.25, 0.3) is 0 Å². The summed E-state index contributed by atoms with van der Waals surface area (Å²) in [5.41, 5.74) is 7.43. The van der Waals surface area contributed by atoms with Crippen LogP contribution in [0.5, 0.6) is 0 Å². The van der Waals surface area contributed by atoms with Crippen LogP contribution in [-0.2, 0) is 4.79 Å². The Morgan fingerprint density at radius 1 is 1.29 bits per heavy atom. The molecule has 0 radical (unpaired) electrons. The molecule has 0 aromatic heterocycles. The molecule has 4 heteroatoms. The lowest BCUT2D eigenvalue weighted by molar-refractivity contribution is -0.129. The summed E-state index contributed by atoms with van der Waals surface area (Å²) in [7, 11) is 0. The standard InChI is InChI=1S/C13H19N3O/c14-11-5-1-2-6-12(11)15-8-7-13(17)16-9-3-4-10-16/h1-2,5-6,15H,3-4,7-10,14H2. The molecule has 0 spiro atoms. The largest absolute Gasteiger partial charge is 0.397 e. The Balaban J connectivity index is 1.76. The van der Waals surface area contributed by atoms with Crippen LogP contribution in [0.1, 0.15) is 19.3 Å². The van der Waals surface area contributed by atoms with Gasteiger partial charge in [0.15, 0.2) is 0 Å². The van der Waals surface area contributed by atoms with Gasteiger partial charge in [-0.3, -0.25) is 4.79 Å². The van der Waals surface area contributed by atoms with Gasteiger partial charge in [-0.2, -0.15) is 0 Å². The van der Waals surface area contributed by atoms with Gasteiger partial charge in [-0.1, -0.05) is 12.1 Å². The van der Waals surface area contributed by atoms with Crippen LogP contribution < -0.4 is 11.1 Å². The average molecular weight is 233 g/mol.